The Labute approximate surface area is 146 Å². The maximum Gasteiger partial charge on any atom is 0.274 e. The van der Waals surface area contributed by atoms with Gasteiger partial charge in [-0.15, -0.1) is 0 Å². The molecular formula is C19H21N5O. The van der Waals surface area contributed by atoms with E-state index in [0.717, 1.165) is 41.8 Å². The van der Waals surface area contributed by atoms with Gasteiger partial charge in [-0.2, -0.15) is 5.10 Å². The van der Waals surface area contributed by atoms with E-state index >= 15 is 0 Å². The normalized spacial score (nSPS) is 17.8. The van der Waals surface area contributed by atoms with Gasteiger partial charge in [0.15, 0.2) is 0 Å². The minimum atomic E-state index is -0.0514. The van der Waals surface area contributed by atoms with Crippen LogP contribution in [0.5, 0.6) is 0 Å². The van der Waals surface area contributed by atoms with E-state index in [4.69, 9.17) is 0 Å². The lowest BCUT2D eigenvalue weighted by Crippen LogP contribution is -2.41. The third kappa shape index (κ3) is 2.99. The molecule has 25 heavy (non-hydrogen) atoms. The molecule has 1 aliphatic rings. The number of rotatable bonds is 2. The maximum atomic E-state index is 12.9. The second kappa shape index (κ2) is 6.27. The van der Waals surface area contributed by atoms with E-state index in [1.54, 1.807) is 6.20 Å². The third-order valence-corrected chi connectivity index (χ3v) is 4.74. The van der Waals surface area contributed by atoms with Crippen molar-refractivity contribution >= 4 is 16.9 Å². The van der Waals surface area contributed by atoms with Crippen molar-refractivity contribution in [2.24, 2.45) is 0 Å². The molecule has 1 aliphatic heterocycles. The number of likely N-dealkylation sites (tertiary alicyclic amines) is 1. The van der Waals surface area contributed by atoms with Gasteiger partial charge in [-0.3, -0.25) is 14.5 Å². The predicted octanol–water partition coefficient (Wildman–Crippen LogP) is 2.92. The number of piperidine rings is 1. The second-order valence-electron chi connectivity index (χ2n) is 6.66. The average Bonchev–Trinajstić information content (AvgIpc) is 2.99. The van der Waals surface area contributed by atoms with Gasteiger partial charge in [0.1, 0.15) is 5.69 Å². The number of amides is 1. The summed E-state index contributed by atoms with van der Waals surface area (Å²) in [5.74, 6) is -0.0514. The fraction of sp³-hybridized carbons (Fsp3) is 0.368. The summed E-state index contributed by atoms with van der Waals surface area (Å²) >= 11 is 0. The fourth-order valence-corrected chi connectivity index (χ4v) is 3.58. The van der Waals surface area contributed by atoms with Gasteiger partial charge in [0.25, 0.3) is 5.91 Å². The zero-order valence-corrected chi connectivity index (χ0v) is 14.5. The van der Waals surface area contributed by atoms with Gasteiger partial charge < -0.3 is 4.90 Å². The van der Waals surface area contributed by atoms with E-state index < -0.39 is 0 Å². The summed E-state index contributed by atoms with van der Waals surface area (Å²) in [6.07, 6.45) is 3.59. The van der Waals surface area contributed by atoms with Gasteiger partial charge in [0.2, 0.25) is 0 Å². The molecule has 1 atom stereocenters. The van der Waals surface area contributed by atoms with Crippen molar-refractivity contribution in [3.8, 4) is 0 Å². The minimum absolute atomic E-state index is 0.0514. The van der Waals surface area contributed by atoms with Crippen molar-refractivity contribution in [2.45, 2.75) is 32.7 Å². The summed E-state index contributed by atoms with van der Waals surface area (Å²) in [4.78, 5) is 23.6. The first kappa shape index (κ1) is 15.7. The van der Waals surface area contributed by atoms with Gasteiger partial charge in [-0.1, -0.05) is 12.1 Å². The van der Waals surface area contributed by atoms with Crippen LogP contribution in [0, 0.1) is 13.8 Å². The maximum absolute atomic E-state index is 12.9. The Hall–Kier alpha value is -2.76. The zero-order chi connectivity index (χ0) is 17.4. The standard InChI is InChI=1S/C19H21N5O/c1-13-10-14(2)24(22-13)15-6-5-9-23(12-15)19(25)18-11-20-16-7-3-4-8-17(16)21-18/h3-4,7-8,10-11,15H,5-6,9,12H2,1-2H3. The summed E-state index contributed by atoms with van der Waals surface area (Å²) in [5.41, 5.74) is 4.12. The summed E-state index contributed by atoms with van der Waals surface area (Å²) in [5, 5.41) is 4.59. The van der Waals surface area contributed by atoms with Gasteiger partial charge >= 0.3 is 0 Å². The molecule has 0 radical (unpaired) electrons. The molecule has 0 spiro atoms. The number of fused-ring (bicyclic) bond motifs is 1. The lowest BCUT2D eigenvalue weighted by Gasteiger charge is -2.33. The van der Waals surface area contributed by atoms with Gasteiger partial charge in [-0.05, 0) is 44.9 Å². The number of hydrogen-bond donors (Lipinski definition) is 0. The fourth-order valence-electron chi connectivity index (χ4n) is 3.58. The van der Waals surface area contributed by atoms with Crippen LogP contribution in [0.3, 0.4) is 0 Å². The molecule has 0 N–H and O–H groups in total. The molecule has 0 saturated carbocycles. The van der Waals surface area contributed by atoms with E-state index in [0.29, 0.717) is 12.2 Å². The zero-order valence-electron chi connectivity index (χ0n) is 14.5. The Morgan fingerprint density at radius 3 is 2.76 bits per heavy atom. The SMILES string of the molecule is Cc1cc(C)n(C2CCCN(C(=O)c3cnc4ccccc4n3)C2)n1. The molecule has 1 aromatic carbocycles. The van der Waals surface area contributed by atoms with Crippen LogP contribution < -0.4 is 0 Å². The topological polar surface area (TPSA) is 63.9 Å². The van der Waals surface area contributed by atoms with Crippen LogP contribution in [0.4, 0.5) is 0 Å². The number of para-hydroxylation sites is 2. The minimum Gasteiger partial charge on any atom is -0.335 e. The van der Waals surface area contributed by atoms with Crippen molar-refractivity contribution in [3.63, 3.8) is 0 Å². The van der Waals surface area contributed by atoms with Crippen LogP contribution in [0.25, 0.3) is 11.0 Å². The highest BCUT2D eigenvalue weighted by Gasteiger charge is 2.27. The number of hydrogen-bond acceptors (Lipinski definition) is 4. The Bertz CT molecular complexity index is 932. The monoisotopic (exact) mass is 335 g/mol. The number of carbonyl (C=O) groups excluding carboxylic acids is 1. The van der Waals surface area contributed by atoms with Crippen molar-refractivity contribution in [3.05, 3.63) is 53.6 Å². The average molecular weight is 335 g/mol. The molecule has 6 heteroatoms. The number of benzene rings is 1. The van der Waals surface area contributed by atoms with Crippen molar-refractivity contribution < 1.29 is 4.79 Å². The molecule has 3 heterocycles. The van der Waals surface area contributed by atoms with E-state index in [2.05, 4.69) is 32.7 Å². The Morgan fingerprint density at radius 2 is 2.00 bits per heavy atom. The van der Waals surface area contributed by atoms with Crippen LogP contribution in [0.2, 0.25) is 0 Å². The van der Waals surface area contributed by atoms with Crippen molar-refractivity contribution in [1.29, 1.82) is 0 Å². The number of carbonyl (C=O) groups is 1. The Balaban J connectivity index is 1.57. The lowest BCUT2D eigenvalue weighted by molar-refractivity contribution is 0.0665. The van der Waals surface area contributed by atoms with E-state index in [1.165, 1.54) is 0 Å². The molecule has 3 aromatic rings. The van der Waals surface area contributed by atoms with Gasteiger partial charge in [0.05, 0.1) is 29.0 Å². The van der Waals surface area contributed by atoms with Crippen LogP contribution in [-0.2, 0) is 0 Å². The molecule has 128 valence electrons. The van der Waals surface area contributed by atoms with Crippen LogP contribution in [0.1, 0.15) is 40.8 Å². The smallest absolute Gasteiger partial charge is 0.274 e. The summed E-state index contributed by atoms with van der Waals surface area (Å²) in [7, 11) is 0. The quantitative estimate of drug-likeness (QED) is 0.722. The summed E-state index contributed by atoms with van der Waals surface area (Å²) in [6.45, 7) is 5.48. The highest BCUT2D eigenvalue weighted by molar-refractivity contribution is 5.93. The number of aryl methyl sites for hydroxylation is 2. The highest BCUT2D eigenvalue weighted by atomic mass is 16.2. The molecule has 1 unspecified atom stereocenters. The third-order valence-electron chi connectivity index (χ3n) is 4.74. The largest absolute Gasteiger partial charge is 0.335 e. The number of nitrogens with zero attached hydrogens (tertiary/aromatic N) is 5. The van der Waals surface area contributed by atoms with Crippen molar-refractivity contribution in [1.82, 2.24) is 24.6 Å². The molecule has 2 aromatic heterocycles. The molecular weight excluding hydrogens is 314 g/mol. The van der Waals surface area contributed by atoms with Crippen LogP contribution in [0.15, 0.2) is 36.5 Å². The molecule has 4 rings (SSSR count). The van der Waals surface area contributed by atoms with E-state index in [9.17, 15) is 4.79 Å². The van der Waals surface area contributed by atoms with Crippen LogP contribution >= 0.6 is 0 Å². The van der Waals surface area contributed by atoms with Crippen molar-refractivity contribution in [2.75, 3.05) is 13.1 Å². The molecule has 6 nitrogen and oxygen atoms in total. The first-order valence-corrected chi connectivity index (χ1v) is 8.65. The lowest BCUT2D eigenvalue weighted by atomic mass is 10.1. The van der Waals surface area contributed by atoms with Gasteiger partial charge in [0, 0.05) is 18.8 Å². The Morgan fingerprint density at radius 1 is 1.20 bits per heavy atom. The summed E-state index contributed by atoms with van der Waals surface area (Å²) < 4.78 is 2.06. The molecule has 0 aliphatic carbocycles. The first-order chi connectivity index (χ1) is 12.1. The van der Waals surface area contributed by atoms with Crippen LogP contribution in [-0.4, -0.2) is 43.6 Å². The molecule has 1 saturated heterocycles. The van der Waals surface area contributed by atoms with Gasteiger partial charge in [-0.25, -0.2) is 4.98 Å². The molecule has 1 amide bonds. The molecule has 1 fully saturated rings. The van der Waals surface area contributed by atoms with E-state index in [1.807, 2.05) is 36.1 Å². The molecule has 0 bridgehead atoms. The Kier molecular flexibility index (Phi) is 3.95. The first-order valence-electron chi connectivity index (χ1n) is 8.65. The number of aromatic nitrogens is 4. The second-order valence-corrected chi connectivity index (χ2v) is 6.66. The summed E-state index contributed by atoms with van der Waals surface area (Å²) in [6, 6.07) is 9.91. The van der Waals surface area contributed by atoms with E-state index in [-0.39, 0.29) is 11.9 Å². The highest BCUT2D eigenvalue weighted by Crippen LogP contribution is 2.24. The predicted molar refractivity (Wildman–Crippen MR) is 95.4 cm³/mol.